The molecule has 0 spiro atoms. The topological polar surface area (TPSA) is 16.1 Å². The van der Waals surface area contributed by atoms with Crippen LogP contribution in [0.5, 0.6) is 0 Å². The second kappa shape index (κ2) is 4.65. The normalized spacial score (nSPS) is 14.9. The Morgan fingerprint density at radius 2 is 2.06 bits per heavy atom. The molecule has 2 heteroatoms. The number of hydrogen-bond acceptors (Lipinski definition) is 2. The number of allylic oxidation sites excluding steroid dienone is 2. The van der Waals surface area contributed by atoms with Crippen molar-refractivity contribution in [3.8, 4) is 0 Å². The zero-order valence-electron chi connectivity index (χ0n) is 10.5. The van der Waals surface area contributed by atoms with Crippen LogP contribution in [0.4, 0.5) is 0 Å². The molecule has 0 radical (unpaired) electrons. The van der Waals surface area contributed by atoms with Crippen molar-refractivity contribution in [3.05, 3.63) is 66.0 Å². The third-order valence-electron chi connectivity index (χ3n) is 3.15. The molecule has 1 aromatic heterocycles. The highest BCUT2D eigenvalue weighted by molar-refractivity contribution is 5.78. The lowest BCUT2D eigenvalue weighted by Crippen LogP contribution is -2.21. The molecule has 2 nitrogen and oxygen atoms in total. The van der Waals surface area contributed by atoms with Crippen molar-refractivity contribution >= 4 is 10.9 Å². The van der Waals surface area contributed by atoms with Gasteiger partial charge in [-0.2, -0.15) is 0 Å². The minimum Gasteiger partial charge on any atom is -0.368 e. The summed E-state index contributed by atoms with van der Waals surface area (Å²) in [7, 11) is 0. The van der Waals surface area contributed by atoms with Gasteiger partial charge >= 0.3 is 0 Å². The molecule has 1 aromatic carbocycles. The number of pyridine rings is 1. The Kier molecular flexibility index (Phi) is 2.85. The first kappa shape index (κ1) is 11.0. The summed E-state index contributed by atoms with van der Waals surface area (Å²) >= 11 is 0. The van der Waals surface area contributed by atoms with Crippen molar-refractivity contribution in [2.24, 2.45) is 0 Å². The number of aromatic nitrogens is 1. The van der Waals surface area contributed by atoms with Gasteiger partial charge < -0.3 is 4.90 Å². The van der Waals surface area contributed by atoms with Gasteiger partial charge in [0, 0.05) is 11.9 Å². The van der Waals surface area contributed by atoms with Gasteiger partial charge in [-0.1, -0.05) is 35.9 Å². The summed E-state index contributed by atoms with van der Waals surface area (Å²) in [6.45, 7) is 4.02. The van der Waals surface area contributed by atoms with Crippen molar-refractivity contribution < 1.29 is 0 Å². The van der Waals surface area contributed by atoms with E-state index in [9.17, 15) is 0 Å². The highest BCUT2D eigenvalue weighted by Gasteiger charge is 2.06. The second-order valence-corrected chi connectivity index (χ2v) is 4.75. The Morgan fingerprint density at radius 1 is 1.17 bits per heavy atom. The van der Waals surface area contributed by atoms with E-state index in [1.54, 1.807) is 0 Å². The maximum atomic E-state index is 4.70. The molecule has 0 bridgehead atoms. The van der Waals surface area contributed by atoms with Crippen LogP contribution >= 0.6 is 0 Å². The summed E-state index contributed by atoms with van der Waals surface area (Å²) in [4.78, 5) is 6.98. The molecule has 1 aliphatic rings. The van der Waals surface area contributed by atoms with Gasteiger partial charge in [-0.15, -0.1) is 0 Å². The van der Waals surface area contributed by atoms with Gasteiger partial charge in [-0.3, -0.25) is 4.98 Å². The quantitative estimate of drug-likeness (QED) is 0.793. The van der Waals surface area contributed by atoms with E-state index in [4.69, 9.17) is 4.98 Å². The van der Waals surface area contributed by atoms with Gasteiger partial charge in [0.25, 0.3) is 0 Å². The van der Waals surface area contributed by atoms with Gasteiger partial charge in [0.05, 0.1) is 17.8 Å². The Bertz CT molecular complexity index is 626. The van der Waals surface area contributed by atoms with Crippen molar-refractivity contribution in [1.29, 1.82) is 0 Å². The van der Waals surface area contributed by atoms with Gasteiger partial charge in [0.2, 0.25) is 0 Å². The molecule has 18 heavy (non-hydrogen) atoms. The van der Waals surface area contributed by atoms with Crippen molar-refractivity contribution in [3.63, 3.8) is 0 Å². The Morgan fingerprint density at radius 3 is 2.94 bits per heavy atom. The van der Waals surface area contributed by atoms with Crippen LogP contribution in [0.25, 0.3) is 10.9 Å². The molecule has 3 rings (SSSR count). The number of hydrogen-bond donors (Lipinski definition) is 0. The Hall–Kier alpha value is -2.09. The molecule has 0 saturated carbocycles. The van der Waals surface area contributed by atoms with Crippen LogP contribution in [0.2, 0.25) is 0 Å². The lowest BCUT2D eigenvalue weighted by molar-refractivity contribution is 0.391. The SMILES string of the molecule is CC1=CC=CN(Cc2ccc3ccccc3n2)C1. The predicted octanol–water partition coefficient (Wildman–Crippen LogP) is 3.51. The van der Waals surface area contributed by atoms with Crippen molar-refractivity contribution in [2.45, 2.75) is 13.5 Å². The number of fused-ring (bicyclic) bond motifs is 1. The summed E-state index contributed by atoms with van der Waals surface area (Å²) in [6.07, 6.45) is 6.38. The molecule has 2 aromatic rings. The molecule has 90 valence electrons. The van der Waals surface area contributed by atoms with Crippen LogP contribution in [0, 0.1) is 0 Å². The lowest BCUT2D eigenvalue weighted by Gasteiger charge is -2.22. The summed E-state index contributed by atoms with van der Waals surface area (Å²) in [5.41, 5.74) is 3.58. The first-order chi connectivity index (χ1) is 8.81. The number of benzene rings is 1. The van der Waals surface area contributed by atoms with Gasteiger partial charge in [0.15, 0.2) is 0 Å². The largest absolute Gasteiger partial charge is 0.368 e. The van der Waals surface area contributed by atoms with Crippen LogP contribution < -0.4 is 0 Å². The van der Waals surface area contributed by atoms with E-state index >= 15 is 0 Å². The summed E-state index contributed by atoms with van der Waals surface area (Å²) in [5.74, 6) is 0. The van der Waals surface area contributed by atoms with Crippen molar-refractivity contribution in [2.75, 3.05) is 6.54 Å². The zero-order valence-corrected chi connectivity index (χ0v) is 10.5. The summed E-state index contributed by atoms with van der Waals surface area (Å²) in [6, 6.07) is 12.5. The highest BCUT2D eigenvalue weighted by atomic mass is 15.1. The first-order valence-electron chi connectivity index (χ1n) is 6.24. The Labute approximate surface area is 107 Å². The van der Waals surface area contributed by atoms with Gasteiger partial charge in [-0.05, 0) is 31.3 Å². The molecule has 0 atom stereocenters. The van der Waals surface area contributed by atoms with Gasteiger partial charge in [0.1, 0.15) is 0 Å². The molecule has 0 unspecified atom stereocenters. The summed E-state index contributed by atoms with van der Waals surface area (Å²) in [5, 5.41) is 1.20. The minimum absolute atomic E-state index is 0.868. The molecule has 1 aliphatic heterocycles. The van der Waals surface area contributed by atoms with Gasteiger partial charge in [-0.25, -0.2) is 0 Å². The molecule has 0 aliphatic carbocycles. The standard InChI is InChI=1S/C16H16N2/c1-13-5-4-10-18(11-13)12-15-9-8-14-6-2-3-7-16(14)17-15/h2-10H,11-12H2,1H3. The van der Waals surface area contributed by atoms with E-state index in [0.717, 1.165) is 24.3 Å². The molecule has 0 N–H and O–H groups in total. The molecule has 2 heterocycles. The summed E-state index contributed by atoms with van der Waals surface area (Å²) < 4.78 is 0. The molecule has 0 saturated heterocycles. The van der Waals surface area contributed by atoms with E-state index in [0.29, 0.717) is 0 Å². The maximum Gasteiger partial charge on any atom is 0.0706 e. The van der Waals surface area contributed by atoms with E-state index in [1.807, 2.05) is 12.1 Å². The zero-order chi connectivity index (χ0) is 12.4. The average Bonchev–Trinajstić information content (AvgIpc) is 2.39. The number of nitrogens with zero attached hydrogens (tertiary/aromatic N) is 2. The van der Waals surface area contributed by atoms with E-state index < -0.39 is 0 Å². The third-order valence-corrected chi connectivity index (χ3v) is 3.15. The van der Waals surface area contributed by atoms with Crippen LogP contribution in [0.15, 0.2) is 60.3 Å². The molecular formula is C16H16N2. The predicted molar refractivity (Wildman–Crippen MR) is 75.1 cm³/mol. The van der Waals surface area contributed by atoms with Crippen molar-refractivity contribution in [1.82, 2.24) is 9.88 Å². The molecule has 0 amide bonds. The maximum absolute atomic E-state index is 4.70. The third kappa shape index (κ3) is 2.28. The smallest absolute Gasteiger partial charge is 0.0706 e. The molecular weight excluding hydrogens is 220 g/mol. The number of para-hydroxylation sites is 1. The first-order valence-corrected chi connectivity index (χ1v) is 6.24. The minimum atomic E-state index is 0.868. The monoisotopic (exact) mass is 236 g/mol. The highest BCUT2D eigenvalue weighted by Crippen LogP contribution is 2.15. The fraction of sp³-hybridized carbons (Fsp3) is 0.188. The van der Waals surface area contributed by atoms with Crippen LogP contribution in [0.1, 0.15) is 12.6 Å². The van der Waals surface area contributed by atoms with Crippen LogP contribution in [0.3, 0.4) is 0 Å². The fourth-order valence-corrected chi connectivity index (χ4v) is 2.27. The Balaban J connectivity index is 1.83. The second-order valence-electron chi connectivity index (χ2n) is 4.75. The molecule has 0 fully saturated rings. The van der Waals surface area contributed by atoms with Crippen LogP contribution in [-0.4, -0.2) is 16.4 Å². The van der Waals surface area contributed by atoms with Crippen LogP contribution in [-0.2, 0) is 6.54 Å². The fourth-order valence-electron chi connectivity index (χ4n) is 2.27. The average molecular weight is 236 g/mol. The number of rotatable bonds is 2. The van der Waals surface area contributed by atoms with E-state index in [2.05, 4.69) is 54.4 Å². The lowest BCUT2D eigenvalue weighted by atomic mass is 10.2. The van der Waals surface area contributed by atoms with E-state index in [1.165, 1.54) is 11.0 Å². The van der Waals surface area contributed by atoms with E-state index in [-0.39, 0.29) is 0 Å².